The van der Waals surface area contributed by atoms with Crippen molar-refractivity contribution in [1.82, 2.24) is 0 Å². The second-order valence-electron chi connectivity index (χ2n) is 7.50. The molecule has 1 unspecified atom stereocenters. The number of aryl methyl sites for hydroxylation is 2. The van der Waals surface area contributed by atoms with Gasteiger partial charge in [0.05, 0.1) is 5.56 Å². The van der Waals surface area contributed by atoms with Gasteiger partial charge >= 0.3 is 6.18 Å². The first-order chi connectivity index (χ1) is 13.3. The number of hydrogen-bond acceptors (Lipinski definition) is 1. The Balaban J connectivity index is 0.00000300. The van der Waals surface area contributed by atoms with Crippen LogP contribution in [0.3, 0.4) is 0 Å². The molecule has 0 aliphatic heterocycles. The Bertz CT molecular complexity index is 794. The predicted octanol–water partition coefficient (Wildman–Crippen LogP) is 6.27. The summed E-state index contributed by atoms with van der Waals surface area (Å²) >= 11 is 6.43. The van der Waals surface area contributed by atoms with Crippen LogP contribution in [0.4, 0.5) is 13.2 Å². The van der Waals surface area contributed by atoms with Gasteiger partial charge < -0.3 is 0 Å². The van der Waals surface area contributed by atoms with Crippen LogP contribution in [0.2, 0.25) is 0 Å². The standard InChI is InChI=1S/C23H23ClF3O.Y/c24-21-15-22(28)20(11-5-8-16-6-2-1-3-7-16)19(21)13-12-17-9-4-10-18(14-17)23(25,26)27;/h1-2,4,6-7,9-10,14,19-21H,5,8,11-13,15H2;/q-1;/t19-,20-,21?;/m1./s1. The molecular formula is C23H23ClF3OY-. The fourth-order valence-corrected chi connectivity index (χ4v) is 4.55. The summed E-state index contributed by atoms with van der Waals surface area (Å²) in [5.74, 6) is 0.112. The summed E-state index contributed by atoms with van der Waals surface area (Å²) in [7, 11) is 0. The number of benzene rings is 2. The first-order valence-corrected chi connectivity index (χ1v) is 10.1. The summed E-state index contributed by atoms with van der Waals surface area (Å²) in [4.78, 5) is 12.4. The molecule has 2 aromatic rings. The summed E-state index contributed by atoms with van der Waals surface area (Å²) in [6.07, 6.45) is -0.318. The van der Waals surface area contributed by atoms with Crippen LogP contribution in [0.1, 0.15) is 42.4 Å². The van der Waals surface area contributed by atoms with Crippen molar-refractivity contribution >= 4 is 17.4 Å². The van der Waals surface area contributed by atoms with Crippen molar-refractivity contribution in [3.05, 3.63) is 71.3 Å². The van der Waals surface area contributed by atoms with Gasteiger partial charge in [0.2, 0.25) is 0 Å². The largest absolute Gasteiger partial charge is 0.416 e. The summed E-state index contributed by atoms with van der Waals surface area (Å²) in [5.41, 5.74) is 1.19. The van der Waals surface area contributed by atoms with Gasteiger partial charge in [-0.15, -0.1) is 11.6 Å². The van der Waals surface area contributed by atoms with Crippen LogP contribution < -0.4 is 0 Å². The number of Topliss-reactive ketones (excluding diaryl/α,β-unsaturated/α-hetero) is 1. The maximum absolute atomic E-state index is 12.9. The van der Waals surface area contributed by atoms with E-state index in [0.29, 0.717) is 24.8 Å². The minimum Gasteiger partial charge on any atom is -0.299 e. The summed E-state index contributed by atoms with van der Waals surface area (Å²) in [6, 6.07) is 16.3. The van der Waals surface area contributed by atoms with Crippen LogP contribution in [-0.2, 0) is 56.5 Å². The molecule has 153 valence electrons. The Morgan fingerprint density at radius 1 is 1.07 bits per heavy atom. The molecule has 0 heterocycles. The maximum atomic E-state index is 12.9. The smallest absolute Gasteiger partial charge is 0.299 e. The number of carbonyl (C=O) groups excluding carboxylic acids is 1. The average Bonchev–Trinajstić information content (AvgIpc) is 2.93. The zero-order valence-corrected chi connectivity index (χ0v) is 19.7. The van der Waals surface area contributed by atoms with Crippen molar-refractivity contribution in [3.8, 4) is 0 Å². The van der Waals surface area contributed by atoms with Gasteiger partial charge in [-0.2, -0.15) is 49.1 Å². The first-order valence-electron chi connectivity index (χ1n) is 9.62. The first kappa shape index (κ1) is 24.6. The van der Waals surface area contributed by atoms with E-state index in [4.69, 9.17) is 11.6 Å². The van der Waals surface area contributed by atoms with Gasteiger partial charge in [-0.3, -0.25) is 4.79 Å². The third-order valence-corrected chi connectivity index (χ3v) is 6.04. The SMILES string of the molecule is O=C1CC(Cl)[C@H](CCc2cccc(C(F)(F)F)c2)[C@H]1CCCc1c[c-]ccc1.[Y]. The Hall–Kier alpha value is -0.706. The van der Waals surface area contributed by atoms with E-state index in [1.54, 1.807) is 6.07 Å². The predicted molar refractivity (Wildman–Crippen MR) is 104 cm³/mol. The van der Waals surface area contributed by atoms with Crippen molar-refractivity contribution < 1.29 is 50.7 Å². The number of hydrogen-bond donors (Lipinski definition) is 0. The van der Waals surface area contributed by atoms with Gasteiger partial charge in [-0.25, -0.2) is 0 Å². The molecule has 0 saturated heterocycles. The molecule has 0 bridgehead atoms. The van der Waals surface area contributed by atoms with E-state index in [-0.39, 0.29) is 55.7 Å². The minimum atomic E-state index is -4.34. The molecule has 1 nitrogen and oxygen atoms in total. The molecule has 1 fully saturated rings. The molecule has 0 N–H and O–H groups in total. The van der Waals surface area contributed by atoms with E-state index < -0.39 is 11.7 Å². The molecule has 1 radical (unpaired) electrons. The summed E-state index contributed by atoms with van der Waals surface area (Å²) in [6.45, 7) is 0. The van der Waals surface area contributed by atoms with Crippen LogP contribution in [0.15, 0.2) is 48.5 Å². The topological polar surface area (TPSA) is 17.1 Å². The third kappa shape index (κ3) is 6.90. The zero-order valence-electron chi connectivity index (χ0n) is 16.1. The van der Waals surface area contributed by atoms with E-state index in [2.05, 4.69) is 6.07 Å². The molecule has 29 heavy (non-hydrogen) atoms. The fourth-order valence-electron chi connectivity index (χ4n) is 4.09. The van der Waals surface area contributed by atoms with E-state index >= 15 is 0 Å². The number of halogens is 4. The number of rotatable bonds is 7. The molecule has 0 amide bonds. The second kappa shape index (κ2) is 11.1. The average molecular weight is 497 g/mol. The molecule has 2 aromatic carbocycles. The molecule has 6 heteroatoms. The van der Waals surface area contributed by atoms with E-state index in [1.165, 1.54) is 17.7 Å². The van der Waals surface area contributed by atoms with Gasteiger partial charge in [0.25, 0.3) is 0 Å². The van der Waals surface area contributed by atoms with Crippen LogP contribution >= 0.6 is 11.6 Å². The van der Waals surface area contributed by atoms with Crippen LogP contribution in [0, 0.1) is 17.9 Å². The Morgan fingerprint density at radius 2 is 1.83 bits per heavy atom. The van der Waals surface area contributed by atoms with E-state index in [9.17, 15) is 18.0 Å². The third-order valence-electron chi connectivity index (χ3n) is 5.56. The molecule has 1 saturated carbocycles. The van der Waals surface area contributed by atoms with Gasteiger partial charge in [-0.05, 0) is 36.8 Å². The van der Waals surface area contributed by atoms with Crippen molar-refractivity contribution in [1.29, 1.82) is 0 Å². The molecular weight excluding hydrogens is 474 g/mol. The quantitative estimate of drug-likeness (QED) is 0.326. The van der Waals surface area contributed by atoms with E-state index in [0.717, 1.165) is 25.3 Å². The molecule has 3 atom stereocenters. The minimum absolute atomic E-state index is 0. The van der Waals surface area contributed by atoms with Gasteiger partial charge in [0.15, 0.2) is 0 Å². The van der Waals surface area contributed by atoms with Crippen molar-refractivity contribution in [2.24, 2.45) is 11.8 Å². The molecule has 1 aliphatic carbocycles. The monoisotopic (exact) mass is 496 g/mol. The summed E-state index contributed by atoms with van der Waals surface area (Å²) < 4.78 is 38.7. The van der Waals surface area contributed by atoms with E-state index in [1.807, 2.05) is 24.3 Å². The van der Waals surface area contributed by atoms with Gasteiger partial charge in [-0.1, -0.05) is 31.0 Å². The maximum Gasteiger partial charge on any atom is 0.416 e. The van der Waals surface area contributed by atoms with Crippen molar-refractivity contribution in [2.45, 2.75) is 50.1 Å². The molecule has 0 aromatic heterocycles. The van der Waals surface area contributed by atoms with Crippen molar-refractivity contribution in [2.75, 3.05) is 0 Å². The number of ketones is 1. The van der Waals surface area contributed by atoms with Crippen molar-refractivity contribution in [3.63, 3.8) is 0 Å². The molecule has 3 rings (SSSR count). The van der Waals surface area contributed by atoms with Crippen LogP contribution in [0.25, 0.3) is 0 Å². The number of carbonyl (C=O) groups is 1. The van der Waals surface area contributed by atoms with Gasteiger partial charge in [0.1, 0.15) is 5.78 Å². The molecule has 0 spiro atoms. The Kier molecular flexibility index (Phi) is 9.37. The van der Waals surface area contributed by atoms with Crippen LogP contribution in [0.5, 0.6) is 0 Å². The van der Waals surface area contributed by atoms with Gasteiger partial charge in [0, 0.05) is 50.4 Å². The second-order valence-corrected chi connectivity index (χ2v) is 8.06. The normalized spacial score (nSPS) is 21.8. The zero-order chi connectivity index (χ0) is 20.1. The number of alkyl halides is 4. The molecule has 1 aliphatic rings. The summed E-state index contributed by atoms with van der Waals surface area (Å²) in [5, 5.41) is -0.228. The Labute approximate surface area is 200 Å². The fraction of sp³-hybridized carbons (Fsp3) is 0.435. The Morgan fingerprint density at radius 3 is 2.52 bits per heavy atom. The van der Waals surface area contributed by atoms with Crippen LogP contribution in [-0.4, -0.2) is 11.2 Å².